The number of nitrogens with zero attached hydrogens (tertiary/aromatic N) is 1. The normalized spacial score (nSPS) is 13.3. The van der Waals surface area contributed by atoms with Crippen molar-refractivity contribution in [2.24, 2.45) is 5.92 Å². The highest BCUT2D eigenvalue weighted by atomic mass is 16.6. The van der Waals surface area contributed by atoms with Crippen LogP contribution >= 0.6 is 0 Å². The van der Waals surface area contributed by atoms with Crippen LogP contribution in [0.5, 0.6) is 0 Å². The molecule has 0 aliphatic carbocycles. The standard InChI is InChI=1S/C15H30N2O5/c1-11(2)12(13(18)19)17(6)8-10-21-9-7-16-14(20)22-15(3,4)5/h11-12H,7-10H2,1-6H3,(H,16,20)(H,18,19)/t12-/m0/s1. The first-order chi connectivity index (χ1) is 10.0. The minimum absolute atomic E-state index is 0.0244. The summed E-state index contributed by atoms with van der Waals surface area (Å²) >= 11 is 0. The van der Waals surface area contributed by atoms with Gasteiger partial charge in [0.05, 0.1) is 13.2 Å². The van der Waals surface area contributed by atoms with Crippen LogP contribution in [-0.2, 0) is 14.3 Å². The Kier molecular flexibility index (Phi) is 9.04. The van der Waals surface area contributed by atoms with Crippen molar-refractivity contribution in [3.8, 4) is 0 Å². The van der Waals surface area contributed by atoms with Gasteiger partial charge in [-0.15, -0.1) is 0 Å². The lowest BCUT2D eigenvalue weighted by molar-refractivity contribution is -0.144. The molecular formula is C15H30N2O5. The highest BCUT2D eigenvalue weighted by Gasteiger charge is 2.25. The van der Waals surface area contributed by atoms with E-state index in [2.05, 4.69) is 5.32 Å². The molecule has 2 N–H and O–H groups in total. The number of alkyl carbamates (subject to hydrolysis) is 1. The average molecular weight is 318 g/mol. The molecule has 0 unspecified atom stereocenters. The van der Waals surface area contributed by atoms with Crippen LogP contribution in [0.15, 0.2) is 0 Å². The average Bonchev–Trinajstić information content (AvgIpc) is 2.30. The lowest BCUT2D eigenvalue weighted by Gasteiger charge is -2.27. The van der Waals surface area contributed by atoms with Crippen LogP contribution in [0.4, 0.5) is 4.79 Å². The molecule has 0 spiro atoms. The number of hydrogen-bond donors (Lipinski definition) is 2. The van der Waals surface area contributed by atoms with E-state index in [4.69, 9.17) is 14.6 Å². The van der Waals surface area contributed by atoms with E-state index in [0.29, 0.717) is 26.3 Å². The number of ether oxygens (including phenoxy) is 2. The molecule has 0 aromatic heterocycles. The lowest BCUT2D eigenvalue weighted by Crippen LogP contribution is -2.44. The fourth-order valence-corrected chi connectivity index (χ4v) is 1.97. The first kappa shape index (κ1) is 20.7. The summed E-state index contributed by atoms with van der Waals surface area (Å²) < 4.78 is 10.5. The van der Waals surface area contributed by atoms with Gasteiger partial charge < -0.3 is 19.9 Å². The fourth-order valence-electron chi connectivity index (χ4n) is 1.97. The van der Waals surface area contributed by atoms with Gasteiger partial charge in [0.1, 0.15) is 11.6 Å². The Hall–Kier alpha value is -1.34. The van der Waals surface area contributed by atoms with E-state index < -0.39 is 23.7 Å². The summed E-state index contributed by atoms with van der Waals surface area (Å²) in [4.78, 5) is 24.3. The smallest absolute Gasteiger partial charge is 0.407 e. The van der Waals surface area contributed by atoms with Crippen LogP contribution < -0.4 is 5.32 Å². The fraction of sp³-hybridized carbons (Fsp3) is 0.867. The molecule has 7 heteroatoms. The lowest BCUT2D eigenvalue weighted by atomic mass is 10.0. The number of carbonyl (C=O) groups is 2. The highest BCUT2D eigenvalue weighted by molar-refractivity contribution is 5.73. The predicted molar refractivity (Wildman–Crippen MR) is 83.9 cm³/mol. The Balaban J connectivity index is 3.81. The number of likely N-dealkylation sites (N-methyl/N-ethyl adjacent to an activating group) is 1. The summed E-state index contributed by atoms with van der Waals surface area (Å²) in [6.45, 7) is 10.8. The molecule has 130 valence electrons. The number of nitrogens with one attached hydrogen (secondary N) is 1. The van der Waals surface area contributed by atoms with E-state index in [1.54, 1.807) is 32.7 Å². The summed E-state index contributed by atoms with van der Waals surface area (Å²) in [6.07, 6.45) is -0.473. The molecule has 0 fully saturated rings. The number of hydrogen-bond acceptors (Lipinski definition) is 5. The maximum atomic E-state index is 11.4. The monoisotopic (exact) mass is 318 g/mol. The van der Waals surface area contributed by atoms with Crippen molar-refractivity contribution in [1.29, 1.82) is 0 Å². The number of carboxylic acid groups (broad SMARTS) is 1. The van der Waals surface area contributed by atoms with Gasteiger partial charge in [0.15, 0.2) is 0 Å². The molecule has 0 saturated carbocycles. The van der Waals surface area contributed by atoms with Crippen LogP contribution in [0.3, 0.4) is 0 Å². The van der Waals surface area contributed by atoms with Crippen LogP contribution in [0.2, 0.25) is 0 Å². The van der Waals surface area contributed by atoms with E-state index in [-0.39, 0.29) is 5.92 Å². The zero-order chi connectivity index (χ0) is 17.3. The SMILES string of the molecule is CC(C)[C@@H](C(=O)O)N(C)CCOCCNC(=O)OC(C)(C)C. The number of aliphatic carboxylic acids is 1. The Morgan fingerprint density at radius 3 is 2.27 bits per heavy atom. The van der Waals surface area contributed by atoms with Gasteiger partial charge in [-0.05, 0) is 33.7 Å². The van der Waals surface area contributed by atoms with E-state index in [9.17, 15) is 9.59 Å². The van der Waals surface area contributed by atoms with E-state index in [1.165, 1.54) is 0 Å². The van der Waals surface area contributed by atoms with Gasteiger partial charge in [0.25, 0.3) is 0 Å². The Bertz CT molecular complexity index is 352. The second-order valence-electron chi connectivity index (χ2n) is 6.55. The molecule has 0 bridgehead atoms. The molecule has 1 amide bonds. The number of carbonyl (C=O) groups excluding carboxylic acids is 1. The molecule has 0 aromatic carbocycles. The van der Waals surface area contributed by atoms with E-state index >= 15 is 0 Å². The molecule has 0 aromatic rings. The van der Waals surface area contributed by atoms with Crippen molar-refractivity contribution in [3.05, 3.63) is 0 Å². The molecule has 7 nitrogen and oxygen atoms in total. The molecule has 0 aliphatic heterocycles. The van der Waals surface area contributed by atoms with E-state index in [1.807, 2.05) is 13.8 Å². The van der Waals surface area contributed by atoms with Crippen LogP contribution in [-0.4, -0.2) is 67.1 Å². The van der Waals surface area contributed by atoms with Crippen molar-refractivity contribution < 1.29 is 24.2 Å². The minimum Gasteiger partial charge on any atom is -0.480 e. The Morgan fingerprint density at radius 2 is 1.82 bits per heavy atom. The second kappa shape index (κ2) is 9.63. The third-order valence-electron chi connectivity index (χ3n) is 2.86. The highest BCUT2D eigenvalue weighted by Crippen LogP contribution is 2.09. The molecular weight excluding hydrogens is 288 g/mol. The third kappa shape index (κ3) is 9.57. The Labute approximate surface area is 133 Å². The van der Waals surface area contributed by atoms with Gasteiger partial charge in [-0.1, -0.05) is 13.8 Å². The van der Waals surface area contributed by atoms with Crippen LogP contribution in [0, 0.1) is 5.92 Å². The maximum absolute atomic E-state index is 11.4. The molecule has 0 radical (unpaired) electrons. The minimum atomic E-state index is -0.830. The van der Waals surface area contributed by atoms with Crippen molar-refractivity contribution in [1.82, 2.24) is 10.2 Å². The summed E-state index contributed by atoms with van der Waals surface area (Å²) in [5, 5.41) is 11.8. The van der Waals surface area contributed by atoms with Gasteiger partial charge in [0.2, 0.25) is 0 Å². The molecule has 0 aliphatic rings. The number of carboxylic acids is 1. The molecule has 0 saturated heterocycles. The predicted octanol–water partition coefficient (Wildman–Crippen LogP) is 1.57. The van der Waals surface area contributed by atoms with Crippen LogP contribution in [0.1, 0.15) is 34.6 Å². The molecule has 0 heterocycles. The first-order valence-corrected chi connectivity index (χ1v) is 7.52. The van der Waals surface area contributed by atoms with Crippen molar-refractivity contribution in [2.75, 3.05) is 33.4 Å². The summed E-state index contributed by atoms with van der Waals surface area (Å²) in [7, 11) is 1.76. The molecule has 0 rings (SSSR count). The van der Waals surface area contributed by atoms with Gasteiger partial charge in [-0.25, -0.2) is 4.79 Å². The van der Waals surface area contributed by atoms with Crippen LogP contribution in [0.25, 0.3) is 0 Å². The van der Waals surface area contributed by atoms with Crippen molar-refractivity contribution >= 4 is 12.1 Å². The zero-order valence-corrected chi connectivity index (χ0v) is 14.5. The second-order valence-corrected chi connectivity index (χ2v) is 6.55. The van der Waals surface area contributed by atoms with E-state index in [0.717, 1.165) is 0 Å². The largest absolute Gasteiger partial charge is 0.480 e. The maximum Gasteiger partial charge on any atom is 0.407 e. The number of rotatable bonds is 9. The zero-order valence-electron chi connectivity index (χ0n) is 14.5. The molecule has 22 heavy (non-hydrogen) atoms. The quantitative estimate of drug-likeness (QED) is 0.627. The Morgan fingerprint density at radius 1 is 1.23 bits per heavy atom. The topological polar surface area (TPSA) is 88.1 Å². The summed E-state index contributed by atoms with van der Waals surface area (Å²) in [5.41, 5.74) is -0.518. The summed E-state index contributed by atoms with van der Waals surface area (Å²) in [6, 6.07) is -0.525. The van der Waals surface area contributed by atoms with Crippen molar-refractivity contribution in [2.45, 2.75) is 46.3 Å². The number of amides is 1. The van der Waals surface area contributed by atoms with Gasteiger partial charge >= 0.3 is 12.1 Å². The van der Waals surface area contributed by atoms with Crippen molar-refractivity contribution in [3.63, 3.8) is 0 Å². The third-order valence-corrected chi connectivity index (χ3v) is 2.86. The first-order valence-electron chi connectivity index (χ1n) is 7.52. The van der Waals surface area contributed by atoms with Gasteiger partial charge in [-0.3, -0.25) is 9.69 Å². The molecule has 1 atom stereocenters. The van der Waals surface area contributed by atoms with Gasteiger partial charge in [0, 0.05) is 13.1 Å². The van der Waals surface area contributed by atoms with Gasteiger partial charge in [-0.2, -0.15) is 0 Å². The summed E-state index contributed by atoms with van der Waals surface area (Å²) in [5.74, 6) is -0.805.